The van der Waals surface area contributed by atoms with Crippen molar-refractivity contribution >= 4 is 157 Å². The molecule has 0 bridgehead atoms. The van der Waals surface area contributed by atoms with E-state index in [2.05, 4.69) is 67.0 Å². The number of rotatable bonds is 33. The maximum Gasteiger partial charge on any atom is 0.416 e. The second-order valence-electron chi connectivity index (χ2n) is 32.2. The number of carbonyl (C=O) groups is 5. The number of hydrogen-bond acceptors (Lipinski definition) is 31. The molecule has 2 saturated carbocycles. The fraction of sp³-hybridized carbons (Fsp3) is 0.237. The van der Waals surface area contributed by atoms with Gasteiger partial charge < -0.3 is 108 Å². The Labute approximate surface area is 802 Å². The third kappa shape index (κ3) is 23.2. The smallest absolute Gasteiger partial charge is 0.416 e. The highest BCUT2D eigenvalue weighted by atomic mass is 35.5. The molecule has 0 radical (unpaired) electrons. The Hall–Kier alpha value is -15.8. The summed E-state index contributed by atoms with van der Waals surface area (Å²) in [5.41, 5.74) is 24.5. The second kappa shape index (κ2) is 43.1. The van der Waals surface area contributed by atoms with E-state index in [1.165, 1.54) is 51.9 Å². The Morgan fingerprint density at radius 3 is 1.40 bits per heavy atom. The first-order chi connectivity index (χ1) is 66.8. The highest BCUT2D eigenvalue weighted by Crippen LogP contribution is 2.43. The predicted molar refractivity (Wildman–Crippen MR) is 521 cm³/mol. The lowest BCUT2D eigenvalue weighted by molar-refractivity contribution is -0.137. The third-order valence-corrected chi connectivity index (χ3v) is 24.2. The Bertz CT molecular complexity index is 7370. The van der Waals surface area contributed by atoms with Crippen LogP contribution in [0.25, 0.3) is 53.8 Å². The second-order valence-corrected chi connectivity index (χ2v) is 34.0. The van der Waals surface area contributed by atoms with E-state index in [0.29, 0.717) is 173 Å². The van der Waals surface area contributed by atoms with Gasteiger partial charge in [0.1, 0.15) is 86.0 Å². The Morgan fingerprint density at radius 1 is 0.518 bits per heavy atom. The van der Waals surface area contributed by atoms with Gasteiger partial charge in [-0.3, -0.25) is 63.2 Å². The number of morpholine rings is 1. The van der Waals surface area contributed by atoms with Crippen LogP contribution in [0.3, 0.4) is 0 Å². The van der Waals surface area contributed by atoms with Gasteiger partial charge in [-0.05, 0) is 141 Å². The van der Waals surface area contributed by atoms with E-state index in [9.17, 15) is 61.4 Å². The summed E-state index contributed by atoms with van der Waals surface area (Å²) in [6, 6.07) is 39.8. The molecule has 15 aromatic rings. The van der Waals surface area contributed by atoms with Gasteiger partial charge in [-0.2, -0.15) is 13.2 Å². The molecule has 6 heterocycles. The Balaban J connectivity index is 0.000000141. The number of aromatic nitrogens is 5. The normalized spacial score (nSPS) is 14.2. The summed E-state index contributed by atoms with van der Waals surface area (Å²) in [7, 11) is 5.81. The van der Waals surface area contributed by atoms with E-state index >= 15 is 0 Å². The van der Waals surface area contributed by atoms with Gasteiger partial charge in [-0.25, -0.2) is 9.78 Å². The molecular formula is C97H90Cl2F3N17O19S. The average molecular weight is 1960 g/mol. The van der Waals surface area contributed by atoms with Crippen molar-refractivity contribution in [3.05, 3.63) is 261 Å². The Morgan fingerprint density at radius 2 is 0.950 bits per heavy atom. The van der Waals surface area contributed by atoms with Crippen molar-refractivity contribution in [2.24, 2.45) is 28.9 Å². The van der Waals surface area contributed by atoms with Crippen LogP contribution in [-0.4, -0.2) is 164 Å². The van der Waals surface area contributed by atoms with Crippen LogP contribution >= 0.6 is 34.5 Å². The van der Waals surface area contributed by atoms with Gasteiger partial charge in [0, 0.05) is 140 Å². The minimum Gasteiger partial charge on any atom is -0.496 e. The predicted octanol–water partition coefficient (Wildman–Crippen LogP) is 14.1. The standard InChI is InChI=1S/C27H26ClN5O6.C26H19F3N4O3S.C24H21ClN4O6.C20H24N4O4/c1-37-22-14-20-16(13-17(22)27(29)36)21(4-5-30-20)39-15-2-3-19(18(28)12-15)32-24-23(25(34)26(24)35)31-6-7-33-8-10-38-11-9-33;1-35-22-12-20-17(11-18(22)24(30)34)21(7-8-31-20)36-16-5-6-19-23(10-16)37-25(33-19)32-13-14-3-2-4-15(9-14)26(27,28)29;1-11(10-30)28-20-21(23(32)22(20)31)29-16-4-3-12(7-15(16)25)35-18-5-6-27-17-9-19(34-2)14(24(26)33)8-13(17)18;1-27-18-9-16-14(8-15(18)19(21)25)17(4-5-22-16)28-10-11-6-13(7-11)24-20(26)23-12-2-3-12/h2-5,12-14,31-32H,6-11H2,1H3,(H2,29,36);2-12H,13H2,1H3,(H2,30,34)(H,32,33);3-9,11,28-30H,10H2,1-2H3,(H2,26,33);4-5,8-9,11-13H,2-3,6-7,10H2,1H3,(H2,21,25)(H2,23,24,26). The number of nitrogens with two attached hydrogens (primary N) is 4. The first-order valence-electron chi connectivity index (χ1n) is 43.1. The number of aliphatic hydroxyl groups is 1. The number of benzene rings is 8. The zero-order chi connectivity index (χ0) is 98.6. The van der Waals surface area contributed by atoms with Crippen LogP contribution in [0.4, 0.5) is 57.2 Å². The van der Waals surface area contributed by atoms with Gasteiger partial charge in [-0.15, -0.1) is 0 Å². The van der Waals surface area contributed by atoms with Crippen LogP contribution in [0.2, 0.25) is 10.0 Å². The van der Waals surface area contributed by atoms with E-state index in [1.807, 2.05) is 6.07 Å². The molecule has 10 aromatic carbocycles. The molecule has 36 nitrogen and oxygen atoms in total. The van der Waals surface area contributed by atoms with Gasteiger partial charge in [0.05, 0.1) is 136 Å². The van der Waals surface area contributed by atoms with Crippen LogP contribution in [-0.2, 0) is 17.5 Å². The molecule has 6 amide bonds. The number of fused-ring (bicyclic) bond motifs is 5. The van der Waals surface area contributed by atoms with Gasteiger partial charge in [0.15, 0.2) is 5.13 Å². The van der Waals surface area contributed by atoms with Gasteiger partial charge in [0.2, 0.25) is 0 Å². The lowest BCUT2D eigenvalue weighted by Gasteiger charge is -2.35. The molecular weight excluding hydrogens is 1870 g/mol. The fourth-order valence-corrected chi connectivity index (χ4v) is 16.4. The van der Waals surface area contributed by atoms with Crippen molar-refractivity contribution in [2.45, 2.75) is 63.5 Å². The number of aliphatic hydroxyl groups excluding tert-OH is 1. The molecule has 1 unspecified atom stereocenters. The lowest BCUT2D eigenvalue weighted by atomic mass is 9.81. The SMILES string of the molecule is COc1cc2nccc(OCC3CC(NC(=O)NC4CC4)C3)c2cc1C(N)=O.COc1cc2nccc(Oc3ccc(Nc4c(NC(C)CO)c(=O)c4=O)c(Cl)c3)c2cc1C(N)=O.COc1cc2nccc(Oc3ccc(Nc4c(NCCN5CCOCC5)c(=O)c4=O)c(Cl)c3)c2cc1C(N)=O.COc1cc2nccc(Oc3ccc4nc(NCc5cccc(C(F)(F)F)c5)sc4c3)c2cc1C(N)=O. The summed E-state index contributed by atoms with van der Waals surface area (Å²) in [4.78, 5) is 131. The quantitative estimate of drug-likeness (QED) is 0.0170. The minimum absolute atomic E-state index is 0.0684. The molecule has 3 aliphatic rings. The van der Waals surface area contributed by atoms with E-state index in [1.54, 1.807) is 153 Å². The first-order valence-corrected chi connectivity index (χ1v) is 44.7. The number of nitrogens with zero attached hydrogens (tertiary/aromatic N) is 6. The Kier molecular flexibility index (Phi) is 30.3. The molecule has 16 N–H and O–H groups in total. The molecule has 18 rings (SSSR count). The first kappa shape index (κ1) is 97.8. The van der Waals surface area contributed by atoms with Crippen LogP contribution < -0.4 is 120 Å². The third-order valence-electron chi connectivity index (χ3n) is 22.6. The number of carbonyl (C=O) groups excluding carboxylic acids is 5. The highest BCUT2D eigenvalue weighted by Gasteiger charge is 2.35. The largest absolute Gasteiger partial charge is 0.496 e. The highest BCUT2D eigenvalue weighted by molar-refractivity contribution is 7.22. The topological polar surface area (TPSA) is 513 Å². The summed E-state index contributed by atoms with van der Waals surface area (Å²) >= 11 is 14.2. The number of anilines is 7. The van der Waals surface area contributed by atoms with Crippen molar-refractivity contribution in [3.8, 4) is 63.2 Å². The monoisotopic (exact) mass is 1960 g/mol. The summed E-state index contributed by atoms with van der Waals surface area (Å²) in [5, 5.41) is 33.4. The summed E-state index contributed by atoms with van der Waals surface area (Å²) in [5.74, 6) is 2.48. The number of alkyl halides is 3. The van der Waals surface area contributed by atoms with Crippen LogP contribution in [0.15, 0.2) is 196 Å². The number of pyridine rings is 4. The van der Waals surface area contributed by atoms with E-state index < -0.39 is 63.1 Å². The minimum atomic E-state index is -4.39. The lowest BCUT2D eigenvalue weighted by Crippen LogP contribution is -2.49. The van der Waals surface area contributed by atoms with Gasteiger partial charge >= 0.3 is 12.2 Å². The summed E-state index contributed by atoms with van der Waals surface area (Å²) < 4.78 is 90.2. The van der Waals surface area contributed by atoms with Crippen molar-refractivity contribution in [1.82, 2.24) is 40.5 Å². The zero-order valence-electron chi connectivity index (χ0n) is 74.8. The number of hydrogen-bond donors (Lipinski definition) is 12. The molecule has 2 aliphatic carbocycles. The maximum atomic E-state index is 13.0. The number of halogens is 5. The van der Waals surface area contributed by atoms with Crippen molar-refractivity contribution in [3.63, 3.8) is 0 Å². The van der Waals surface area contributed by atoms with Gasteiger partial charge in [0.25, 0.3) is 45.3 Å². The van der Waals surface area contributed by atoms with E-state index in [-0.39, 0.29) is 74.7 Å². The summed E-state index contributed by atoms with van der Waals surface area (Å²) in [6.45, 7) is 6.48. The summed E-state index contributed by atoms with van der Waals surface area (Å²) in [6.07, 6.45) is 5.91. The van der Waals surface area contributed by atoms with Crippen LogP contribution in [0, 0.1) is 5.92 Å². The molecule has 0 spiro atoms. The molecule has 139 heavy (non-hydrogen) atoms. The number of thiazole rings is 1. The molecule has 5 aromatic heterocycles. The van der Waals surface area contributed by atoms with Crippen LogP contribution in [0.1, 0.15) is 85.2 Å². The fourth-order valence-electron chi connectivity index (χ4n) is 15.1. The molecule has 1 saturated heterocycles. The number of ether oxygens (including phenoxy) is 9. The van der Waals surface area contributed by atoms with Crippen molar-refractivity contribution in [2.75, 3.05) is 108 Å². The number of urea groups is 1. The van der Waals surface area contributed by atoms with Crippen LogP contribution in [0.5, 0.6) is 63.2 Å². The zero-order valence-corrected chi connectivity index (χ0v) is 77.2. The number of primary amides is 4. The molecule has 718 valence electrons. The number of nitrogens with one attached hydrogen (secondary N) is 7. The number of amides is 6. The molecule has 3 fully saturated rings. The molecule has 1 atom stereocenters. The molecule has 42 heteroatoms. The van der Waals surface area contributed by atoms with Crippen molar-refractivity contribution in [1.29, 1.82) is 0 Å². The molecule has 1 aliphatic heterocycles. The van der Waals surface area contributed by atoms with E-state index in [0.717, 1.165) is 67.5 Å². The van der Waals surface area contributed by atoms with Gasteiger partial charge in [-0.1, -0.05) is 46.7 Å². The maximum absolute atomic E-state index is 13.0. The van der Waals surface area contributed by atoms with E-state index in [4.69, 9.17) is 88.8 Å². The van der Waals surface area contributed by atoms with Crippen molar-refractivity contribution < 1.29 is 84.9 Å². The number of methoxy groups -OCH3 is 4. The average Bonchev–Trinajstić information content (AvgIpc) is 1.45.